The SMILES string of the molecule is Cc1cccc(OCc2nc(CN(C(=O)c3ccc(F)cc3)C3CC3)cs2)c1. The second-order valence-corrected chi connectivity index (χ2v) is 7.95. The fourth-order valence-electron chi connectivity index (χ4n) is 3.02. The van der Waals surface area contributed by atoms with Gasteiger partial charge < -0.3 is 9.64 Å². The van der Waals surface area contributed by atoms with Gasteiger partial charge in [-0.15, -0.1) is 11.3 Å². The van der Waals surface area contributed by atoms with Gasteiger partial charge in [0.15, 0.2) is 0 Å². The number of ether oxygens (including phenoxy) is 1. The summed E-state index contributed by atoms with van der Waals surface area (Å²) in [6.07, 6.45) is 2.00. The Balaban J connectivity index is 1.41. The third-order valence-corrected chi connectivity index (χ3v) is 5.49. The van der Waals surface area contributed by atoms with Crippen LogP contribution in [-0.4, -0.2) is 21.8 Å². The number of nitrogens with zero attached hydrogens (tertiary/aromatic N) is 2. The lowest BCUT2D eigenvalue weighted by Crippen LogP contribution is -2.32. The maximum atomic E-state index is 13.1. The molecule has 0 bridgehead atoms. The first-order chi connectivity index (χ1) is 13.6. The first kappa shape index (κ1) is 18.6. The highest BCUT2D eigenvalue weighted by Gasteiger charge is 2.33. The van der Waals surface area contributed by atoms with Crippen molar-refractivity contribution in [2.75, 3.05) is 0 Å². The predicted molar refractivity (Wildman–Crippen MR) is 107 cm³/mol. The smallest absolute Gasteiger partial charge is 0.254 e. The number of halogens is 1. The van der Waals surface area contributed by atoms with Crippen LogP contribution in [0.5, 0.6) is 5.75 Å². The van der Waals surface area contributed by atoms with Gasteiger partial charge in [0, 0.05) is 17.0 Å². The fraction of sp³-hybridized carbons (Fsp3) is 0.273. The Hall–Kier alpha value is -2.73. The summed E-state index contributed by atoms with van der Waals surface area (Å²) < 4.78 is 19.0. The molecule has 6 heteroatoms. The molecule has 1 aliphatic carbocycles. The van der Waals surface area contributed by atoms with E-state index in [0.717, 1.165) is 34.9 Å². The maximum absolute atomic E-state index is 13.1. The minimum absolute atomic E-state index is 0.0759. The summed E-state index contributed by atoms with van der Waals surface area (Å²) in [6.45, 7) is 2.89. The number of rotatable bonds is 7. The maximum Gasteiger partial charge on any atom is 0.254 e. The van der Waals surface area contributed by atoms with Crippen molar-refractivity contribution in [3.8, 4) is 5.75 Å². The molecule has 0 N–H and O–H groups in total. The van der Waals surface area contributed by atoms with Crippen molar-refractivity contribution in [1.29, 1.82) is 0 Å². The van der Waals surface area contributed by atoms with Gasteiger partial charge in [0.1, 0.15) is 23.2 Å². The number of thiazole rings is 1. The van der Waals surface area contributed by atoms with Gasteiger partial charge in [-0.05, 0) is 61.7 Å². The van der Waals surface area contributed by atoms with E-state index in [0.29, 0.717) is 18.7 Å². The van der Waals surface area contributed by atoms with Crippen LogP contribution in [0.1, 0.15) is 39.5 Å². The molecule has 28 heavy (non-hydrogen) atoms. The number of carbonyl (C=O) groups excluding carboxylic acids is 1. The average Bonchev–Trinajstić information content (AvgIpc) is 3.43. The van der Waals surface area contributed by atoms with Gasteiger partial charge in [-0.25, -0.2) is 9.37 Å². The molecule has 0 spiro atoms. The number of amides is 1. The molecule has 0 aliphatic heterocycles. The summed E-state index contributed by atoms with van der Waals surface area (Å²) in [6, 6.07) is 13.9. The van der Waals surface area contributed by atoms with Gasteiger partial charge >= 0.3 is 0 Å². The summed E-state index contributed by atoms with van der Waals surface area (Å²) in [7, 11) is 0. The third-order valence-electron chi connectivity index (χ3n) is 4.62. The predicted octanol–water partition coefficient (Wildman–Crippen LogP) is 4.97. The molecular formula is C22H21FN2O2S. The van der Waals surface area contributed by atoms with Crippen molar-refractivity contribution in [2.45, 2.75) is 39.0 Å². The zero-order valence-electron chi connectivity index (χ0n) is 15.6. The van der Waals surface area contributed by atoms with Crippen LogP contribution in [0.4, 0.5) is 4.39 Å². The van der Waals surface area contributed by atoms with Crippen LogP contribution in [0, 0.1) is 12.7 Å². The molecule has 1 amide bonds. The summed E-state index contributed by atoms with van der Waals surface area (Å²) in [5.74, 6) is 0.406. The van der Waals surface area contributed by atoms with Crippen LogP contribution >= 0.6 is 11.3 Å². The molecule has 3 aromatic rings. The zero-order valence-corrected chi connectivity index (χ0v) is 16.4. The molecule has 1 aromatic heterocycles. The molecule has 0 atom stereocenters. The highest BCUT2D eigenvalue weighted by atomic mass is 32.1. The highest BCUT2D eigenvalue weighted by molar-refractivity contribution is 7.09. The zero-order chi connectivity index (χ0) is 19.5. The van der Waals surface area contributed by atoms with Crippen LogP contribution in [0.25, 0.3) is 0 Å². The third kappa shape index (κ3) is 4.57. The molecule has 4 rings (SSSR count). The van der Waals surface area contributed by atoms with E-state index in [-0.39, 0.29) is 17.8 Å². The van der Waals surface area contributed by atoms with Crippen molar-refractivity contribution in [3.63, 3.8) is 0 Å². The van der Waals surface area contributed by atoms with E-state index in [1.165, 1.54) is 35.6 Å². The Morgan fingerprint density at radius 3 is 2.75 bits per heavy atom. The van der Waals surface area contributed by atoms with Crippen LogP contribution in [-0.2, 0) is 13.2 Å². The fourth-order valence-corrected chi connectivity index (χ4v) is 3.72. The number of hydrogen-bond acceptors (Lipinski definition) is 4. The van der Waals surface area contributed by atoms with Crippen molar-refractivity contribution < 1.29 is 13.9 Å². The van der Waals surface area contributed by atoms with Crippen LogP contribution < -0.4 is 4.74 Å². The van der Waals surface area contributed by atoms with Gasteiger partial charge in [-0.1, -0.05) is 12.1 Å². The quantitative estimate of drug-likeness (QED) is 0.566. The van der Waals surface area contributed by atoms with Crippen molar-refractivity contribution >= 4 is 17.2 Å². The Bertz CT molecular complexity index is 967. The van der Waals surface area contributed by atoms with Gasteiger partial charge in [0.25, 0.3) is 5.91 Å². The minimum atomic E-state index is -0.340. The van der Waals surface area contributed by atoms with E-state index in [4.69, 9.17) is 4.74 Å². The van der Waals surface area contributed by atoms with Crippen molar-refractivity contribution in [1.82, 2.24) is 9.88 Å². The average molecular weight is 396 g/mol. The van der Waals surface area contributed by atoms with E-state index < -0.39 is 0 Å². The number of hydrogen-bond donors (Lipinski definition) is 0. The van der Waals surface area contributed by atoms with Gasteiger partial charge in [0.2, 0.25) is 0 Å². The Morgan fingerprint density at radius 1 is 1.25 bits per heavy atom. The van der Waals surface area contributed by atoms with Gasteiger partial charge in [-0.3, -0.25) is 4.79 Å². The Labute approximate surface area is 167 Å². The highest BCUT2D eigenvalue weighted by Crippen LogP contribution is 2.30. The van der Waals surface area contributed by atoms with E-state index in [1.807, 2.05) is 41.5 Å². The minimum Gasteiger partial charge on any atom is -0.486 e. The van der Waals surface area contributed by atoms with E-state index in [9.17, 15) is 9.18 Å². The van der Waals surface area contributed by atoms with Crippen LogP contribution in [0.3, 0.4) is 0 Å². The molecule has 144 valence electrons. The lowest BCUT2D eigenvalue weighted by Gasteiger charge is -2.21. The van der Waals surface area contributed by atoms with Crippen LogP contribution in [0.2, 0.25) is 0 Å². The lowest BCUT2D eigenvalue weighted by molar-refractivity contribution is 0.0728. The first-order valence-corrected chi connectivity index (χ1v) is 10.2. The molecule has 1 fully saturated rings. The van der Waals surface area contributed by atoms with E-state index >= 15 is 0 Å². The lowest BCUT2D eigenvalue weighted by atomic mass is 10.2. The van der Waals surface area contributed by atoms with Crippen molar-refractivity contribution in [3.05, 3.63) is 81.6 Å². The van der Waals surface area contributed by atoms with Gasteiger partial charge in [-0.2, -0.15) is 0 Å². The largest absolute Gasteiger partial charge is 0.486 e. The second kappa shape index (κ2) is 8.10. The molecule has 1 aliphatic rings. The molecular weight excluding hydrogens is 375 g/mol. The molecule has 1 heterocycles. The topological polar surface area (TPSA) is 42.4 Å². The summed E-state index contributed by atoms with van der Waals surface area (Å²) in [5.41, 5.74) is 2.51. The first-order valence-electron chi connectivity index (χ1n) is 9.28. The van der Waals surface area contributed by atoms with Crippen molar-refractivity contribution in [2.24, 2.45) is 0 Å². The molecule has 2 aromatic carbocycles. The monoisotopic (exact) mass is 396 g/mol. The number of benzene rings is 2. The van der Waals surface area contributed by atoms with Crippen LogP contribution in [0.15, 0.2) is 53.9 Å². The molecule has 0 unspecified atom stereocenters. The molecule has 0 saturated heterocycles. The molecule has 4 nitrogen and oxygen atoms in total. The standard InChI is InChI=1S/C22H21FN2O2S/c1-15-3-2-4-20(11-15)27-13-21-24-18(14-28-21)12-25(19-9-10-19)22(26)16-5-7-17(23)8-6-16/h2-8,11,14,19H,9-10,12-13H2,1H3. The molecule has 0 radical (unpaired) electrons. The normalized spacial score (nSPS) is 13.4. The second-order valence-electron chi connectivity index (χ2n) is 7.01. The van der Waals surface area contributed by atoms with E-state index in [2.05, 4.69) is 4.98 Å². The Kier molecular flexibility index (Phi) is 5.39. The summed E-state index contributed by atoms with van der Waals surface area (Å²) in [4.78, 5) is 19.3. The Morgan fingerprint density at radius 2 is 2.04 bits per heavy atom. The summed E-state index contributed by atoms with van der Waals surface area (Å²) >= 11 is 1.53. The number of carbonyl (C=O) groups is 1. The number of aromatic nitrogens is 1. The molecule has 1 saturated carbocycles. The van der Waals surface area contributed by atoms with E-state index in [1.54, 1.807) is 0 Å². The summed E-state index contributed by atoms with van der Waals surface area (Å²) in [5, 5.41) is 2.85. The van der Waals surface area contributed by atoms with Gasteiger partial charge in [0.05, 0.1) is 12.2 Å². The number of aryl methyl sites for hydroxylation is 1.